The molecule has 1 saturated carbocycles. The predicted octanol–water partition coefficient (Wildman–Crippen LogP) is 0.388. The molecule has 1 atom stereocenters. The number of likely N-dealkylation sites (N-methyl/N-ethyl adjacent to an activating group) is 1. The molecule has 0 radical (unpaired) electrons. The Morgan fingerprint density at radius 2 is 2.00 bits per heavy atom. The van der Waals surface area contributed by atoms with E-state index in [-0.39, 0.29) is 5.75 Å². The van der Waals surface area contributed by atoms with Gasteiger partial charge in [-0.2, -0.15) is 0 Å². The number of hydrogen-bond donors (Lipinski definition) is 2. The SMILES string of the molecule is CCC(C)N(C)CCNS(=O)(=O)CCNC1CC1. The van der Waals surface area contributed by atoms with Crippen molar-refractivity contribution in [2.24, 2.45) is 0 Å². The van der Waals surface area contributed by atoms with E-state index in [1.165, 1.54) is 12.8 Å². The smallest absolute Gasteiger partial charge is 0.212 e. The van der Waals surface area contributed by atoms with Gasteiger partial charge < -0.3 is 10.2 Å². The van der Waals surface area contributed by atoms with Crippen LogP contribution in [0.1, 0.15) is 33.1 Å². The largest absolute Gasteiger partial charge is 0.313 e. The third-order valence-corrected chi connectivity index (χ3v) is 4.90. The first-order valence-electron chi connectivity index (χ1n) is 6.85. The van der Waals surface area contributed by atoms with Crippen molar-refractivity contribution in [3.8, 4) is 0 Å². The first-order chi connectivity index (χ1) is 8.44. The molecule has 0 spiro atoms. The molecule has 1 rings (SSSR count). The summed E-state index contributed by atoms with van der Waals surface area (Å²) in [5, 5.41) is 3.21. The van der Waals surface area contributed by atoms with E-state index in [0.717, 1.165) is 13.0 Å². The highest BCUT2D eigenvalue weighted by molar-refractivity contribution is 7.89. The van der Waals surface area contributed by atoms with Crippen molar-refractivity contribution in [2.45, 2.75) is 45.2 Å². The Balaban J connectivity index is 2.11. The van der Waals surface area contributed by atoms with Crippen LogP contribution in [0, 0.1) is 0 Å². The van der Waals surface area contributed by atoms with Gasteiger partial charge in [-0.3, -0.25) is 0 Å². The van der Waals surface area contributed by atoms with Crippen LogP contribution in [-0.2, 0) is 10.0 Å². The zero-order valence-corrected chi connectivity index (χ0v) is 12.6. The quantitative estimate of drug-likeness (QED) is 0.606. The lowest BCUT2D eigenvalue weighted by Crippen LogP contribution is -2.39. The van der Waals surface area contributed by atoms with E-state index in [2.05, 4.69) is 28.8 Å². The van der Waals surface area contributed by atoms with E-state index < -0.39 is 10.0 Å². The Bertz CT molecular complexity index is 328. The second-order valence-electron chi connectivity index (χ2n) is 5.18. The van der Waals surface area contributed by atoms with E-state index in [1.54, 1.807) is 0 Å². The van der Waals surface area contributed by atoms with Gasteiger partial charge in [-0.25, -0.2) is 13.1 Å². The van der Waals surface area contributed by atoms with Crippen LogP contribution in [0.4, 0.5) is 0 Å². The second kappa shape index (κ2) is 7.43. The minimum atomic E-state index is -3.12. The third kappa shape index (κ3) is 6.68. The van der Waals surface area contributed by atoms with Crippen molar-refractivity contribution in [3.63, 3.8) is 0 Å². The highest BCUT2D eigenvalue weighted by Crippen LogP contribution is 2.17. The highest BCUT2D eigenvalue weighted by atomic mass is 32.2. The number of rotatable bonds is 10. The van der Waals surface area contributed by atoms with Crippen LogP contribution in [0.2, 0.25) is 0 Å². The Morgan fingerprint density at radius 3 is 2.56 bits per heavy atom. The van der Waals surface area contributed by atoms with Gasteiger partial charge in [-0.05, 0) is 33.2 Å². The summed E-state index contributed by atoms with van der Waals surface area (Å²) >= 11 is 0. The first-order valence-corrected chi connectivity index (χ1v) is 8.51. The molecule has 1 fully saturated rings. The van der Waals surface area contributed by atoms with Crippen LogP contribution < -0.4 is 10.0 Å². The molecule has 0 saturated heterocycles. The summed E-state index contributed by atoms with van der Waals surface area (Å²) in [7, 11) is -1.09. The van der Waals surface area contributed by atoms with Crippen LogP contribution >= 0.6 is 0 Å². The zero-order valence-electron chi connectivity index (χ0n) is 11.8. The lowest BCUT2D eigenvalue weighted by atomic mass is 10.2. The molecule has 2 N–H and O–H groups in total. The van der Waals surface area contributed by atoms with Crippen LogP contribution in [0.3, 0.4) is 0 Å². The summed E-state index contributed by atoms with van der Waals surface area (Å²) in [6.07, 6.45) is 3.45. The van der Waals surface area contributed by atoms with Gasteiger partial charge in [0.25, 0.3) is 0 Å². The lowest BCUT2D eigenvalue weighted by Gasteiger charge is -2.23. The van der Waals surface area contributed by atoms with Crippen LogP contribution in [0.5, 0.6) is 0 Å². The zero-order chi connectivity index (χ0) is 13.6. The van der Waals surface area contributed by atoms with Gasteiger partial charge >= 0.3 is 0 Å². The summed E-state index contributed by atoms with van der Waals surface area (Å²) in [5.74, 6) is 0.177. The molecule has 1 aliphatic carbocycles. The number of nitrogens with one attached hydrogen (secondary N) is 2. The van der Waals surface area contributed by atoms with Crippen molar-refractivity contribution in [2.75, 3.05) is 32.4 Å². The summed E-state index contributed by atoms with van der Waals surface area (Å²) in [5.41, 5.74) is 0. The minimum Gasteiger partial charge on any atom is -0.313 e. The summed E-state index contributed by atoms with van der Waals surface area (Å²) in [4.78, 5) is 2.17. The van der Waals surface area contributed by atoms with E-state index in [1.807, 2.05) is 7.05 Å². The first kappa shape index (κ1) is 15.9. The maximum atomic E-state index is 11.7. The fourth-order valence-electron chi connectivity index (χ4n) is 1.67. The summed E-state index contributed by atoms with van der Waals surface area (Å²) in [6, 6.07) is 1.06. The van der Waals surface area contributed by atoms with Crippen molar-refractivity contribution < 1.29 is 8.42 Å². The fourth-order valence-corrected chi connectivity index (χ4v) is 2.60. The summed E-state index contributed by atoms with van der Waals surface area (Å²) in [6.45, 7) is 6.08. The van der Waals surface area contributed by atoms with Crippen molar-refractivity contribution >= 4 is 10.0 Å². The number of hydrogen-bond acceptors (Lipinski definition) is 4. The van der Waals surface area contributed by atoms with Gasteiger partial charge in [-0.1, -0.05) is 6.92 Å². The van der Waals surface area contributed by atoms with Gasteiger partial charge in [0, 0.05) is 31.7 Å². The molecule has 0 aromatic rings. The standard InChI is InChI=1S/C12H27N3O2S/c1-4-11(2)15(3)9-7-14-18(16,17)10-8-13-12-5-6-12/h11-14H,4-10H2,1-3H3. The van der Waals surface area contributed by atoms with Crippen LogP contribution in [0.25, 0.3) is 0 Å². The van der Waals surface area contributed by atoms with Gasteiger partial charge in [0.05, 0.1) is 5.75 Å². The molecule has 18 heavy (non-hydrogen) atoms. The van der Waals surface area contributed by atoms with Crippen molar-refractivity contribution in [1.29, 1.82) is 0 Å². The lowest BCUT2D eigenvalue weighted by molar-refractivity contribution is 0.256. The molecule has 0 aromatic carbocycles. The molecular weight excluding hydrogens is 250 g/mol. The van der Waals surface area contributed by atoms with Gasteiger partial charge in [0.15, 0.2) is 0 Å². The molecule has 0 aromatic heterocycles. The molecule has 0 aliphatic heterocycles. The highest BCUT2D eigenvalue weighted by Gasteiger charge is 2.21. The molecule has 1 aliphatic rings. The molecule has 0 bridgehead atoms. The topological polar surface area (TPSA) is 61.4 Å². The monoisotopic (exact) mass is 277 g/mol. The number of nitrogens with zero attached hydrogens (tertiary/aromatic N) is 1. The Hall–Kier alpha value is -0.170. The van der Waals surface area contributed by atoms with E-state index in [4.69, 9.17) is 0 Å². The van der Waals surface area contributed by atoms with Crippen molar-refractivity contribution in [1.82, 2.24) is 14.9 Å². The molecule has 0 heterocycles. The Labute approximate surface area is 111 Å². The number of sulfonamides is 1. The van der Waals surface area contributed by atoms with Crippen LogP contribution in [0.15, 0.2) is 0 Å². The average molecular weight is 277 g/mol. The van der Waals surface area contributed by atoms with Gasteiger partial charge in [0.1, 0.15) is 0 Å². The average Bonchev–Trinajstić information content (AvgIpc) is 3.11. The molecule has 1 unspecified atom stereocenters. The second-order valence-corrected chi connectivity index (χ2v) is 7.11. The van der Waals surface area contributed by atoms with Crippen molar-refractivity contribution in [3.05, 3.63) is 0 Å². The van der Waals surface area contributed by atoms with E-state index in [0.29, 0.717) is 25.2 Å². The molecular formula is C12H27N3O2S. The molecule has 6 heteroatoms. The molecule has 108 valence electrons. The van der Waals surface area contributed by atoms with Crippen LogP contribution in [-0.4, -0.2) is 57.8 Å². The third-order valence-electron chi connectivity index (χ3n) is 3.51. The Kier molecular flexibility index (Phi) is 6.55. The molecule has 5 nitrogen and oxygen atoms in total. The normalized spacial score (nSPS) is 18.2. The molecule has 0 amide bonds. The van der Waals surface area contributed by atoms with Gasteiger partial charge in [-0.15, -0.1) is 0 Å². The van der Waals surface area contributed by atoms with E-state index in [9.17, 15) is 8.42 Å². The van der Waals surface area contributed by atoms with Gasteiger partial charge in [0.2, 0.25) is 10.0 Å². The summed E-state index contributed by atoms with van der Waals surface area (Å²) < 4.78 is 26.0. The Morgan fingerprint density at radius 1 is 1.33 bits per heavy atom. The minimum absolute atomic E-state index is 0.177. The fraction of sp³-hybridized carbons (Fsp3) is 1.00. The maximum absolute atomic E-state index is 11.7. The predicted molar refractivity (Wildman–Crippen MR) is 75.2 cm³/mol. The maximum Gasteiger partial charge on any atom is 0.212 e. The van der Waals surface area contributed by atoms with E-state index >= 15 is 0 Å².